The summed E-state index contributed by atoms with van der Waals surface area (Å²) in [5, 5.41) is 9.28. The van der Waals surface area contributed by atoms with Gasteiger partial charge in [-0.05, 0) is 36.8 Å². The molecule has 0 spiro atoms. The lowest BCUT2D eigenvalue weighted by molar-refractivity contribution is 0.0686. The summed E-state index contributed by atoms with van der Waals surface area (Å²) in [4.78, 5) is 12.4. The number of thiophene rings is 1. The monoisotopic (exact) mass is 307 g/mol. The molecule has 0 bridgehead atoms. The Kier molecular flexibility index (Phi) is 3.25. The molecule has 1 N–H and O–H groups in total. The average Bonchev–Trinajstić information content (AvgIpc) is 2.92. The number of aromatic nitrogens is 1. The summed E-state index contributed by atoms with van der Waals surface area (Å²) in [7, 11) is 0. The molecule has 0 saturated heterocycles. The zero-order valence-corrected chi connectivity index (χ0v) is 11.9. The first-order valence-electron chi connectivity index (χ1n) is 6.22. The van der Waals surface area contributed by atoms with Gasteiger partial charge in [0.25, 0.3) is 0 Å². The Morgan fingerprint density at radius 3 is 2.67 bits per heavy atom. The highest BCUT2D eigenvalue weighted by Gasteiger charge is 2.17. The Balaban J connectivity index is 2.11. The topological polar surface area (TPSA) is 42.2 Å². The second-order valence-corrected chi connectivity index (χ2v) is 6.06. The van der Waals surface area contributed by atoms with Crippen molar-refractivity contribution in [2.45, 2.75) is 13.5 Å². The van der Waals surface area contributed by atoms with Crippen LogP contribution in [-0.4, -0.2) is 15.6 Å². The van der Waals surface area contributed by atoms with E-state index >= 15 is 0 Å². The number of aryl methyl sites for hydroxylation is 1. The van der Waals surface area contributed by atoms with Crippen molar-refractivity contribution in [1.82, 2.24) is 4.57 Å². The van der Waals surface area contributed by atoms with Crippen LogP contribution < -0.4 is 0 Å². The van der Waals surface area contributed by atoms with Crippen molar-refractivity contribution in [3.05, 3.63) is 58.1 Å². The SMILES string of the molecule is Cc1cc2c(cc(C(=O)O)n2Cc2ccc(F)c(F)c2)s1. The predicted octanol–water partition coefficient (Wildman–Crippen LogP) is 4.04. The van der Waals surface area contributed by atoms with Crippen LogP contribution in [0.4, 0.5) is 8.78 Å². The predicted molar refractivity (Wildman–Crippen MR) is 77.0 cm³/mol. The Morgan fingerprint density at radius 1 is 1.24 bits per heavy atom. The minimum Gasteiger partial charge on any atom is -0.477 e. The van der Waals surface area contributed by atoms with E-state index in [1.807, 2.05) is 13.0 Å². The number of aromatic carboxylic acids is 1. The minimum absolute atomic E-state index is 0.140. The molecule has 6 heteroatoms. The summed E-state index contributed by atoms with van der Waals surface area (Å²) < 4.78 is 28.7. The number of hydrogen-bond acceptors (Lipinski definition) is 2. The number of carboxylic acid groups (broad SMARTS) is 1. The molecule has 0 amide bonds. The number of carbonyl (C=O) groups is 1. The Bertz CT molecular complexity index is 851. The molecule has 0 unspecified atom stereocenters. The Labute approximate surface area is 123 Å². The lowest BCUT2D eigenvalue weighted by Gasteiger charge is -2.08. The van der Waals surface area contributed by atoms with Gasteiger partial charge in [0.15, 0.2) is 11.6 Å². The summed E-state index contributed by atoms with van der Waals surface area (Å²) in [6.07, 6.45) is 0. The average molecular weight is 307 g/mol. The molecule has 21 heavy (non-hydrogen) atoms. The second kappa shape index (κ2) is 4.96. The van der Waals surface area contributed by atoms with Gasteiger partial charge in [-0.25, -0.2) is 13.6 Å². The molecule has 0 aliphatic heterocycles. The van der Waals surface area contributed by atoms with Crippen LogP contribution in [0.2, 0.25) is 0 Å². The van der Waals surface area contributed by atoms with E-state index in [-0.39, 0.29) is 12.2 Å². The first-order valence-corrected chi connectivity index (χ1v) is 7.04. The maximum Gasteiger partial charge on any atom is 0.352 e. The molecule has 3 rings (SSSR count). The summed E-state index contributed by atoms with van der Waals surface area (Å²) in [6, 6.07) is 7.09. The third-order valence-corrected chi connectivity index (χ3v) is 4.24. The van der Waals surface area contributed by atoms with Crippen molar-refractivity contribution in [2.24, 2.45) is 0 Å². The van der Waals surface area contributed by atoms with E-state index in [0.717, 1.165) is 27.2 Å². The number of fused-ring (bicyclic) bond motifs is 1. The van der Waals surface area contributed by atoms with Gasteiger partial charge in [0.1, 0.15) is 5.69 Å². The molecule has 3 aromatic rings. The fourth-order valence-corrected chi connectivity index (χ4v) is 3.29. The Morgan fingerprint density at radius 2 is 2.00 bits per heavy atom. The Hall–Kier alpha value is -2.21. The number of hydrogen-bond donors (Lipinski definition) is 1. The van der Waals surface area contributed by atoms with Crippen LogP contribution in [0.1, 0.15) is 20.9 Å². The van der Waals surface area contributed by atoms with E-state index < -0.39 is 17.6 Å². The van der Waals surface area contributed by atoms with Crippen LogP contribution in [0.25, 0.3) is 10.2 Å². The molecule has 0 atom stereocenters. The normalized spacial score (nSPS) is 11.2. The lowest BCUT2D eigenvalue weighted by Crippen LogP contribution is -2.09. The van der Waals surface area contributed by atoms with Crippen molar-refractivity contribution in [2.75, 3.05) is 0 Å². The summed E-state index contributed by atoms with van der Waals surface area (Å²) in [6.45, 7) is 2.12. The van der Waals surface area contributed by atoms with Gasteiger partial charge in [-0.1, -0.05) is 6.07 Å². The molecule has 0 aliphatic rings. The number of carboxylic acids is 1. The van der Waals surface area contributed by atoms with E-state index in [2.05, 4.69) is 0 Å². The number of benzene rings is 1. The van der Waals surface area contributed by atoms with Gasteiger partial charge in [0, 0.05) is 11.4 Å². The zero-order valence-electron chi connectivity index (χ0n) is 11.1. The maximum atomic E-state index is 13.3. The van der Waals surface area contributed by atoms with Gasteiger partial charge in [0.2, 0.25) is 0 Å². The molecule has 3 nitrogen and oxygen atoms in total. The fraction of sp³-hybridized carbons (Fsp3) is 0.133. The minimum atomic E-state index is -1.04. The largest absolute Gasteiger partial charge is 0.477 e. The van der Waals surface area contributed by atoms with Crippen LogP contribution in [-0.2, 0) is 6.54 Å². The highest BCUT2D eigenvalue weighted by Crippen LogP contribution is 2.29. The van der Waals surface area contributed by atoms with Gasteiger partial charge in [-0.2, -0.15) is 0 Å². The lowest BCUT2D eigenvalue weighted by atomic mass is 10.2. The number of rotatable bonds is 3. The molecule has 2 aromatic heterocycles. The van der Waals surface area contributed by atoms with Crippen LogP contribution in [0, 0.1) is 18.6 Å². The summed E-state index contributed by atoms with van der Waals surface area (Å²) in [5.41, 5.74) is 1.44. The molecule has 0 saturated carbocycles. The highest BCUT2D eigenvalue weighted by atomic mass is 32.1. The highest BCUT2D eigenvalue weighted by molar-refractivity contribution is 7.19. The molecule has 0 radical (unpaired) electrons. The van der Waals surface area contributed by atoms with Gasteiger partial charge in [-0.3, -0.25) is 0 Å². The van der Waals surface area contributed by atoms with Crippen LogP contribution in [0.15, 0.2) is 30.3 Å². The molecule has 108 valence electrons. The second-order valence-electron chi connectivity index (χ2n) is 4.78. The van der Waals surface area contributed by atoms with Crippen molar-refractivity contribution >= 4 is 27.5 Å². The quantitative estimate of drug-likeness (QED) is 0.793. The van der Waals surface area contributed by atoms with E-state index in [0.29, 0.717) is 5.56 Å². The summed E-state index contributed by atoms with van der Waals surface area (Å²) >= 11 is 1.50. The zero-order chi connectivity index (χ0) is 15.1. The van der Waals surface area contributed by atoms with Crippen LogP contribution in [0.3, 0.4) is 0 Å². The van der Waals surface area contributed by atoms with Gasteiger partial charge >= 0.3 is 5.97 Å². The van der Waals surface area contributed by atoms with Gasteiger partial charge in [0.05, 0.1) is 10.2 Å². The number of nitrogens with zero attached hydrogens (tertiary/aromatic N) is 1. The van der Waals surface area contributed by atoms with Gasteiger partial charge in [-0.15, -0.1) is 11.3 Å². The third-order valence-electron chi connectivity index (χ3n) is 3.26. The molecular formula is C15H11F2NO2S. The maximum absolute atomic E-state index is 13.3. The molecule has 0 aliphatic carbocycles. The van der Waals surface area contributed by atoms with Crippen molar-refractivity contribution < 1.29 is 18.7 Å². The molecule has 1 aromatic carbocycles. The number of halogens is 2. The van der Waals surface area contributed by atoms with Crippen molar-refractivity contribution in [3.63, 3.8) is 0 Å². The van der Waals surface area contributed by atoms with E-state index in [9.17, 15) is 18.7 Å². The smallest absolute Gasteiger partial charge is 0.352 e. The van der Waals surface area contributed by atoms with E-state index in [4.69, 9.17) is 0 Å². The van der Waals surface area contributed by atoms with Crippen LogP contribution >= 0.6 is 11.3 Å². The first kappa shape index (κ1) is 13.8. The van der Waals surface area contributed by atoms with E-state index in [1.54, 1.807) is 10.6 Å². The van der Waals surface area contributed by atoms with Crippen LogP contribution in [0.5, 0.6) is 0 Å². The van der Waals surface area contributed by atoms with Gasteiger partial charge < -0.3 is 9.67 Å². The first-order chi connectivity index (χ1) is 9.95. The fourth-order valence-electron chi connectivity index (χ4n) is 2.33. The molecule has 0 fully saturated rings. The standard InChI is InChI=1S/C15H11F2NO2S/c1-8-4-12-14(21-8)6-13(15(19)20)18(12)7-9-2-3-10(16)11(17)5-9/h2-6H,7H2,1H3,(H,19,20). The van der Waals surface area contributed by atoms with Crippen molar-refractivity contribution in [1.29, 1.82) is 0 Å². The van der Waals surface area contributed by atoms with Crippen molar-refractivity contribution in [3.8, 4) is 0 Å². The third kappa shape index (κ3) is 2.42. The van der Waals surface area contributed by atoms with E-state index in [1.165, 1.54) is 17.4 Å². The molecular weight excluding hydrogens is 296 g/mol. The summed E-state index contributed by atoms with van der Waals surface area (Å²) in [5.74, 6) is -2.89. The molecule has 2 heterocycles.